The predicted molar refractivity (Wildman–Crippen MR) is 221 cm³/mol. The average Bonchev–Trinajstić information content (AvgIpc) is 3.93. The number of hydrogen-bond donors (Lipinski definition) is 0. The molecule has 1 aliphatic carbocycles. The third-order valence-corrected chi connectivity index (χ3v) is 12.3. The Morgan fingerprint density at radius 1 is 0.481 bits per heavy atom. The maximum atomic E-state index is 14.9. The lowest BCUT2D eigenvalue weighted by Gasteiger charge is -2.28. The molecule has 10 aromatic rings. The van der Waals surface area contributed by atoms with Crippen LogP contribution in [-0.4, -0.2) is 25.7 Å². The molecule has 3 aliphatic rings. The van der Waals surface area contributed by atoms with E-state index < -0.39 is 0 Å². The van der Waals surface area contributed by atoms with Gasteiger partial charge < -0.3 is 13.7 Å². The molecule has 2 atom stereocenters. The molecule has 2 aliphatic heterocycles. The molecule has 5 nitrogen and oxygen atoms in total. The van der Waals surface area contributed by atoms with E-state index in [0.29, 0.717) is 0 Å². The van der Waals surface area contributed by atoms with E-state index in [9.17, 15) is 4.79 Å². The first-order valence-corrected chi connectivity index (χ1v) is 18.7. The van der Waals surface area contributed by atoms with Crippen LogP contribution >= 0.6 is 0 Å². The van der Waals surface area contributed by atoms with Crippen molar-refractivity contribution in [2.75, 3.05) is 4.90 Å². The molecule has 5 heterocycles. The number of anilines is 1. The molecule has 2 unspecified atom stereocenters. The molecule has 0 bridgehead atoms. The van der Waals surface area contributed by atoms with Gasteiger partial charge in [-0.1, -0.05) is 109 Å². The molecule has 0 spiro atoms. The molecular weight excluding hydrogens is 661 g/mol. The number of allylic oxidation sites excluding steroid dienone is 2. The minimum absolute atomic E-state index is 0.00170. The fraction of sp³-hybridized carbons (Fsp3) is 0.0408. The van der Waals surface area contributed by atoms with E-state index in [1.54, 1.807) is 0 Å². The van der Waals surface area contributed by atoms with Gasteiger partial charge in [-0.3, -0.25) is 9.69 Å². The fourth-order valence-electron chi connectivity index (χ4n) is 10.1. The number of nitrogens with zero attached hydrogens (tertiary/aromatic N) is 4. The Hall–Kier alpha value is -7.11. The molecule has 3 aromatic heterocycles. The van der Waals surface area contributed by atoms with Gasteiger partial charge in [0.15, 0.2) is 0 Å². The SMILES string of the molecule is O=C1c2ccccc2-n2c3ccc(-n4c5ccccc5c5ccccc54)cc3c3ccc4c(c32)N1C1C=CC(n2c3ccccc3c3ccccc32)=CC41. The van der Waals surface area contributed by atoms with Gasteiger partial charge in [-0.15, -0.1) is 0 Å². The highest BCUT2D eigenvalue weighted by Gasteiger charge is 2.45. The number of amides is 1. The van der Waals surface area contributed by atoms with Gasteiger partial charge in [-0.2, -0.15) is 0 Å². The van der Waals surface area contributed by atoms with E-state index >= 15 is 0 Å². The summed E-state index contributed by atoms with van der Waals surface area (Å²) >= 11 is 0. The molecule has 0 fully saturated rings. The van der Waals surface area contributed by atoms with Crippen molar-refractivity contribution in [2.45, 2.75) is 12.0 Å². The summed E-state index contributed by atoms with van der Waals surface area (Å²) in [5, 5.41) is 7.29. The fourth-order valence-corrected chi connectivity index (χ4v) is 10.1. The molecule has 13 rings (SSSR count). The van der Waals surface area contributed by atoms with Crippen LogP contribution < -0.4 is 4.90 Å². The van der Waals surface area contributed by atoms with Gasteiger partial charge in [0.25, 0.3) is 5.91 Å². The second-order valence-electron chi connectivity index (χ2n) is 14.8. The van der Waals surface area contributed by atoms with Crippen LogP contribution in [0.1, 0.15) is 21.8 Å². The number of benzene rings is 7. The first kappa shape index (κ1) is 28.5. The molecule has 7 aromatic carbocycles. The summed E-state index contributed by atoms with van der Waals surface area (Å²) in [5.74, 6) is 0.0436. The maximum Gasteiger partial charge on any atom is 0.261 e. The molecule has 54 heavy (non-hydrogen) atoms. The van der Waals surface area contributed by atoms with Crippen molar-refractivity contribution in [1.29, 1.82) is 0 Å². The molecular formula is C49H30N4O. The number of carbonyl (C=O) groups is 1. The van der Waals surface area contributed by atoms with Gasteiger partial charge in [-0.25, -0.2) is 0 Å². The summed E-state index contributed by atoms with van der Waals surface area (Å²) < 4.78 is 7.12. The zero-order chi connectivity index (χ0) is 35.2. The van der Waals surface area contributed by atoms with Crippen LogP contribution in [0.5, 0.6) is 0 Å². The summed E-state index contributed by atoms with van der Waals surface area (Å²) in [4.78, 5) is 17.0. The Bertz CT molecular complexity index is 3280. The van der Waals surface area contributed by atoms with E-state index in [1.807, 2.05) is 18.2 Å². The zero-order valence-corrected chi connectivity index (χ0v) is 29.0. The van der Waals surface area contributed by atoms with Crippen LogP contribution in [-0.2, 0) is 0 Å². The van der Waals surface area contributed by atoms with Gasteiger partial charge >= 0.3 is 0 Å². The Kier molecular flexibility index (Phi) is 5.30. The standard InChI is InChI=1S/C49H30N4O/c54-49-37-15-5-10-20-44(37)52-45-25-21-29(50-40-16-6-1-11-31(40)32-12-2-7-17-41(32)50)27-38(45)35-23-24-36-39-28-30(22-26-46(39)53(49)48(36)47(35)52)51-42-18-8-3-13-33(42)34-14-4-9-19-43(34)51/h1-28,39,46H. The maximum absolute atomic E-state index is 14.9. The highest BCUT2D eigenvalue weighted by atomic mass is 16.2. The highest BCUT2D eigenvalue weighted by Crippen LogP contribution is 2.53. The number of hydrogen-bond acceptors (Lipinski definition) is 1. The van der Waals surface area contributed by atoms with Crippen LogP contribution in [0.4, 0.5) is 5.69 Å². The molecule has 0 saturated heterocycles. The molecule has 0 saturated carbocycles. The Balaban J connectivity index is 1.08. The molecule has 1 amide bonds. The normalized spacial score (nSPS) is 17.3. The topological polar surface area (TPSA) is 35.1 Å². The summed E-state index contributed by atoms with van der Waals surface area (Å²) in [6.45, 7) is 0. The van der Waals surface area contributed by atoms with E-state index in [-0.39, 0.29) is 17.9 Å². The van der Waals surface area contributed by atoms with Crippen LogP contribution in [0.3, 0.4) is 0 Å². The van der Waals surface area contributed by atoms with E-state index in [2.05, 4.69) is 170 Å². The monoisotopic (exact) mass is 690 g/mol. The van der Waals surface area contributed by atoms with Crippen molar-refractivity contribution in [1.82, 2.24) is 13.7 Å². The van der Waals surface area contributed by atoms with E-state index in [0.717, 1.165) is 44.7 Å². The molecule has 0 N–H and O–H groups in total. The van der Waals surface area contributed by atoms with Crippen molar-refractivity contribution in [3.05, 3.63) is 181 Å². The Morgan fingerprint density at radius 3 is 1.72 bits per heavy atom. The first-order valence-electron chi connectivity index (χ1n) is 18.7. The highest BCUT2D eigenvalue weighted by molar-refractivity contribution is 6.23. The predicted octanol–water partition coefficient (Wildman–Crippen LogP) is 11.5. The quantitative estimate of drug-likeness (QED) is 0.178. The minimum atomic E-state index is -0.138. The molecule has 5 heteroatoms. The molecule has 252 valence electrons. The third kappa shape index (κ3) is 3.43. The number of fused-ring (bicyclic) bond motifs is 14. The van der Waals surface area contributed by atoms with E-state index in [4.69, 9.17) is 0 Å². The van der Waals surface area contributed by atoms with Crippen molar-refractivity contribution >= 4 is 82.7 Å². The largest absolute Gasteiger partial charge is 0.310 e. The van der Waals surface area contributed by atoms with Crippen LogP contribution in [0, 0.1) is 0 Å². The summed E-state index contributed by atoms with van der Waals surface area (Å²) in [6, 6.07) is 54.0. The van der Waals surface area contributed by atoms with Crippen molar-refractivity contribution in [2.24, 2.45) is 0 Å². The summed E-state index contributed by atoms with van der Waals surface area (Å²) in [6.07, 6.45) is 6.87. The number of rotatable bonds is 2. The third-order valence-electron chi connectivity index (χ3n) is 12.3. The lowest BCUT2D eigenvalue weighted by molar-refractivity contribution is 0.0983. The van der Waals surface area contributed by atoms with Crippen molar-refractivity contribution < 1.29 is 4.79 Å². The minimum Gasteiger partial charge on any atom is -0.310 e. The average molecular weight is 691 g/mol. The second kappa shape index (κ2) is 10.1. The number of aromatic nitrogens is 3. The van der Waals surface area contributed by atoms with Crippen LogP contribution in [0.2, 0.25) is 0 Å². The lowest BCUT2D eigenvalue weighted by Crippen LogP contribution is -2.38. The van der Waals surface area contributed by atoms with Gasteiger partial charge in [0.2, 0.25) is 0 Å². The second-order valence-corrected chi connectivity index (χ2v) is 14.8. The number of para-hydroxylation sites is 5. The summed E-state index contributed by atoms with van der Waals surface area (Å²) in [7, 11) is 0. The van der Waals surface area contributed by atoms with Gasteiger partial charge in [0, 0.05) is 49.6 Å². The Morgan fingerprint density at radius 2 is 1.06 bits per heavy atom. The lowest BCUT2D eigenvalue weighted by atomic mass is 9.89. The van der Waals surface area contributed by atoms with Gasteiger partial charge in [0.1, 0.15) is 0 Å². The van der Waals surface area contributed by atoms with Gasteiger partial charge in [-0.05, 0) is 66.2 Å². The smallest absolute Gasteiger partial charge is 0.261 e. The van der Waals surface area contributed by atoms with E-state index in [1.165, 1.54) is 54.6 Å². The van der Waals surface area contributed by atoms with Gasteiger partial charge in [0.05, 0.1) is 56.1 Å². The Labute approximate surface area is 309 Å². The molecule has 0 radical (unpaired) electrons. The zero-order valence-electron chi connectivity index (χ0n) is 29.0. The van der Waals surface area contributed by atoms with Crippen molar-refractivity contribution in [3.8, 4) is 11.4 Å². The van der Waals surface area contributed by atoms with Crippen molar-refractivity contribution in [3.63, 3.8) is 0 Å². The number of carbonyl (C=O) groups excluding carboxylic acids is 1. The van der Waals surface area contributed by atoms with Crippen LogP contribution in [0.15, 0.2) is 170 Å². The first-order chi connectivity index (χ1) is 26.7. The van der Waals surface area contributed by atoms with Crippen LogP contribution in [0.25, 0.3) is 82.5 Å². The summed E-state index contributed by atoms with van der Waals surface area (Å²) in [5.41, 5.74) is 13.0.